The highest BCUT2D eigenvalue weighted by atomic mass is 16.5. The lowest BCUT2D eigenvalue weighted by Gasteiger charge is -2.17. The SMILES string of the molecule is CCC(COC)Nc1nccn1-c1ccccc1. The Bertz CT molecular complexity index is 467. The van der Waals surface area contributed by atoms with Crippen molar-refractivity contribution in [2.45, 2.75) is 19.4 Å². The number of hydrogen-bond acceptors (Lipinski definition) is 3. The number of rotatable bonds is 6. The summed E-state index contributed by atoms with van der Waals surface area (Å²) in [6.45, 7) is 2.81. The average Bonchev–Trinajstić information content (AvgIpc) is 2.87. The van der Waals surface area contributed by atoms with Crippen molar-refractivity contribution in [1.82, 2.24) is 9.55 Å². The summed E-state index contributed by atoms with van der Waals surface area (Å²) in [5.41, 5.74) is 1.10. The molecule has 0 fully saturated rings. The molecule has 4 heteroatoms. The van der Waals surface area contributed by atoms with Crippen LogP contribution in [0.4, 0.5) is 5.95 Å². The maximum atomic E-state index is 5.19. The highest BCUT2D eigenvalue weighted by molar-refractivity contribution is 5.42. The van der Waals surface area contributed by atoms with E-state index in [1.165, 1.54) is 0 Å². The van der Waals surface area contributed by atoms with Gasteiger partial charge in [-0.1, -0.05) is 25.1 Å². The highest BCUT2D eigenvalue weighted by Gasteiger charge is 2.10. The Balaban J connectivity index is 2.18. The summed E-state index contributed by atoms with van der Waals surface area (Å²) in [6, 6.07) is 10.4. The Labute approximate surface area is 108 Å². The number of benzene rings is 1. The second-order valence-electron chi connectivity index (χ2n) is 4.16. The van der Waals surface area contributed by atoms with Crippen LogP contribution >= 0.6 is 0 Å². The molecule has 0 saturated heterocycles. The minimum atomic E-state index is 0.278. The molecule has 0 aliphatic carbocycles. The zero-order valence-corrected chi connectivity index (χ0v) is 10.8. The molecule has 2 aromatic rings. The van der Waals surface area contributed by atoms with Gasteiger partial charge in [-0.2, -0.15) is 0 Å². The Morgan fingerprint density at radius 3 is 2.78 bits per heavy atom. The predicted octanol–water partition coefficient (Wildman–Crippen LogP) is 2.71. The summed E-state index contributed by atoms with van der Waals surface area (Å²) < 4.78 is 7.23. The topological polar surface area (TPSA) is 39.1 Å². The Morgan fingerprint density at radius 1 is 1.33 bits per heavy atom. The predicted molar refractivity (Wildman–Crippen MR) is 73.1 cm³/mol. The number of para-hydroxylation sites is 1. The maximum Gasteiger partial charge on any atom is 0.207 e. The molecule has 0 saturated carbocycles. The van der Waals surface area contributed by atoms with Crippen LogP contribution in [-0.4, -0.2) is 29.3 Å². The molecular weight excluding hydrogens is 226 g/mol. The van der Waals surface area contributed by atoms with E-state index in [1.807, 2.05) is 29.0 Å². The lowest BCUT2D eigenvalue weighted by molar-refractivity contribution is 0.184. The summed E-state index contributed by atoms with van der Waals surface area (Å²) in [5, 5.41) is 3.40. The third-order valence-corrected chi connectivity index (χ3v) is 2.87. The van der Waals surface area contributed by atoms with Crippen molar-refractivity contribution in [3.05, 3.63) is 42.7 Å². The van der Waals surface area contributed by atoms with Crippen LogP contribution in [0.1, 0.15) is 13.3 Å². The normalized spacial score (nSPS) is 12.3. The van der Waals surface area contributed by atoms with E-state index in [1.54, 1.807) is 13.3 Å². The van der Waals surface area contributed by atoms with Gasteiger partial charge in [0.1, 0.15) is 0 Å². The summed E-state index contributed by atoms with van der Waals surface area (Å²) in [4.78, 5) is 4.36. The summed E-state index contributed by atoms with van der Waals surface area (Å²) in [6.07, 6.45) is 4.75. The molecule has 18 heavy (non-hydrogen) atoms. The lowest BCUT2D eigenvalue weighted by Crippen LogP contribution is -2.25. The molecule has 1 aromatic heterocycles. The van der Waals surface area contributed by atoms with E-state index in [2.05, 4.69) is 29.4 Å². The van der Waals surface area contributed by atoms with Crippen molar-refractivity contribution in [3.63, 3.8) is 0 Å². The smallest absolute Gasteiger partial charge is 0.207 e. The molecular formula is C14H19N3O. The second kappa shape index (κ2) is 6.21. The first-order valence-corrected chi connectivity index (χ1v) is 6.19. The first-order valence-electron chi connectivity index (χ1n) is 6.19. The van der Waals surface area contributed by atoms with Gasteiger partial charge in [0.25, 0.3) is 0 Å². The van der Waals surface area contributed by atoms with Crippen LogP contribution in [0.5, 0.6) is 0 Å². The zero-order valence-electron chi connectivity index (χ0n) is 10.8. The molecule has 1 N–H and O–H groups in total. The van der Waals surface area contributed by atoms with Gasteiger partial charge in [-0.05, 0) is 18.6 Å². The standard InChI is InChI=1S/C14H19N3O/c1-3-12(11-18-2)16-14-15-9-10-17(14)13-7-5-4-6-8-13/h4-10,12H,3,11H2,1-2H3,(H,15,16). The number of nitrogens with one attached hydrogen (secondary N) is 1. The second-order valence-corrected chi connectivity index (χ2v) is 4.16. The minimum absolute atomic E-state index is 0.278. The Hall–Kier alpha value is -1.81. The monoisotopic (exact) mass is 245 g/mol. The molecule has 0 aliphatic heterocycles. The number of methoxy groups -OCH3 is 1. The molecule has 0 aliphatic rings. The van der Waals surface area contributed by atoms with Gasteiger partial charge in [0, 0.05) is 25.2 Å². The molecule has 2 rings (SSSR count). The molecule has 0 spiro atoms. The molecule has 1 unspecified atom stereocenters. The zero-order chi connectivity index (χ0) is 12.8. The van der Waals surface area contributed by atoms with E-state index in [0.29, 0.717) is 6.61 Å². The molecule has 1 heterocycles. The Kier molecular flexibility index (Phi) is 4.36. The molecule has 1 atom stereocenters. The number of imidazole rings is 1. The van der Waals surface area contributed by atoms with Crippen molar-refractivity contribution >= 4 is 5.95 Å². The third kappa shape index (κ3) is 2.90. The summed E-state index contributed by atoms with van der Waals surface area (Å²) in [5.74, 6) is 0.852. The van der Waals surface area contributed by atoms with Crippen LogP contribution in [0.3, 0.4) is 0 Å². The number of hydrogen-bond donors (Lipinski definition) is 1. The number of nitrogens with zero attached hydrogens (tertiary/aromatic N) is 2. The Morgan fingerprint density at radius 2 is 2.11 bits per heavy atom. The number of aromatic nitrogens is 2. The minimum Gasteiger partial charge on any atom is -0.383 e. The van der Waals surface area contributed by atoms with Gasteiger partial charge < -0.3 is 10.1 Å². The fourth-order valence-corrected chi connectivity index (χ4v) is 1.85. The van der Waals surface area contributed by atoms with E-state index >= 15 is 0 Å². The molecule has 1 aromatic carbocycles. The van der Waals surface area contributed by atoms with Crippen molar-refractivity contribution in [2.24, 2.45) is 0 Å². The van der Waals surface area contributed by atoms with Gasteiger partial charge in [0.15, 0.2) is 0 Å². The van der Waals surface area contributed by atoms with Gasteiger partial charge in [-0.25, -0.2) is 4.98 Å². The van der Waals surface area contributed by atoms with Gasteiger partial charge in [0.05, 0.1) is 12.6 Å². The first kappa shape index (κ1) is 12.6. The third-order valence-electron chi connectivity index (χ3n) is 2.87. The van der Waals surface area contributed by atoms with Crippen LogP contribution in [0, 0.1) is 0 Å². The van der Waals surface area contributed by atoms with E-state index in [0.717, 1.165) is 18.1 Å². The molecule has 0 bridgehead atoms. The van der Waals surface area contributed by atoms with Crippen LogP contribution in [0.2, 0.25) is 0 Å². The van der Waals surface area contributed by atoms with Crippen molar-refractivity contribution in [2.75, 3.05) is 19.0 Å². The van der Waals surface area contributed by atoms with Crippen molar-refractivity contribution < 1.29 is 4.74 Å². The lowest BCUT2D eigenvalue weighted by atomic mass is 10.2. The largest absolute Gasteiger partial charge is 0.383 e. The fraction of sp³-hybridized carbons (Fsp3) is 0.357. The first-order chi connectivity index (χ1) is 8.85. The molecule has 96 valence electrons. The van der Waals surface area contributed by atoms with Gasteiger partial charge >= 0.3 is 0 Å². The van der Waals surface area contributed by atoms with E-state index in [4.69, 9.17) is 4.74 Å². The number of anilines is 1. The van der Waals surface area contributed by atoms with Crippen molar-refractivity contribution in [1.29, 1.82) is 0 Å². The van der Waals surface area contributed by atoms with Crippen LogP contribution in [-0.2, 0) is 4.74 Å². The molecule has 4 nitrogen and oxygen atoms in total. The van der Waals surface area contributed by atoms with Crippen molar-refractivity contribution in [3.8, 4) is 5.69 Å². The fourth-order valence-electron chi connectivity index (χ4n) is 1.85. The molecule has 0 radical (unpaired) electrons. The molecule has 0 amide bonds. The summed E-state index contributed by atoms with van der Waals surface area (Å²) in [7, 11) is 1.72. The highest BCUT2D eigenvalue weighted by Crippen LogP contribution is 2.15. The van der Waals surface area contributed by atoms with Gasteiger partial charge in [-0.3, -0.25) is 4.57 Å². The summed E-state index contributed by atoms with van der Waals surface area (Å²) >= 11 is 0. The average molecular weight is 245 g/mol. The van der Waals surface area contributed by atoms with E-state index in [-0.39, 0.29) is 6.04 Å². The van der Waals surface area contributed by atoms with E-state index in [9.17, 15) is 0 Å². The van der Waals surface area contributed by atoms with Gasteiger partial charge in [0.2, 0.25) is 5.95 Å². The quantitative estimate of drug-likeness (QED) is 0.850. The van der Waals surface area contributed by atoms with Gasteiger partial charge in [-0.15, -0.1) is 0 Å². The maximum absolute atomic E-state index is 5.19. The number of ether oxygens (including phenoxy) is 1. The van der Waals surface area contributed by atoms with Crippen LogP contribution < -0.4 is 5.32 Å². The van der Waals surface area contributed by atoms with Crippen LogP contribution in [0.25, 0.3) is 5.69 Å². The van der Waals surface area contributed by atoms with E-state index < -0.39 is 0 Å². The van der Waals surface area contributed by atoms with Crippen LogP contribution in [0.15, 0.2) is 42.7 Å².